The Balaban J connectivity index is 2.02. The summed E-state index contributed by atoms with van der Waals surface area (Å²) < 4.78 is 43.9. The standard InChI is InChI=1S/C16H17F3N2O2/c1-23-15-7-4-8-21-13(15)9-20-10-14(22)11-5-2-3-6-12(11)16(17,18)19/h2-8,14,20,22H,9-10H2,1H3. The predicted molar refractivity (Wildman–Crippen MR) is 78.9 cm³/mol. The van der Waals surface area contributed by atoms with Gasteiger partial charge in [-0.2, -0.15) is 13.2 Å². The van der Waals surface area contributed by atoms with E-state index in [1.807, 2.05) is 0 Å². The molecule has 1 aromatic heterocycles. The molecule has 23 heavy (non-hydrogen) atoms. The highest BCUT2D eigenvalue weighted by atomic mass is 19.4. The van der Waals surface area contributed by atoms with Gasteiger partial charge in [-0.05, 0) is 23.8 Å². The molecular formula is C16H17F3N2O2. The Labute approximate surface area is 131 Å². The van der Waals surface area contributed by atoms with Gasteiger partial charge in [0, 0.05) is 19.3 Å². The Kier molecular flexibility index (Phi) is 5.57. The summed E-state index contributed by atoms with van der Waals surface area (Å²) in [5, 5.41) is 12.9. The number of alkyl halides is 3. The molecule has 4 nitrogen and oxygen atoms in total. The number of nitrogens with zero attached hydrogens (tertiary/aromatic N) is 1. The Morgan fingerprint density at radius 3 is 2.65 bits per heavy atom. The van der Waals surface area contributed by atoms with Crippen molar-refractivity contribution in [2.45, 2.75) is 18.8 Å². The normalized spacial score (nSPS) is 12.9. The Bertz CT molecular complexity index is 647. The van der Waals surface area contributed by atoms with Crippen LogP contribution in [-0.2, 0) is 12.7 Å². The molecule has 2 rings (SSSR count). The first kappa shape index (κ1) is 17.2. The quantitative estimate of drug-likeness (QED) is 0.857. The molecule has 124 valence electrons. The molecule has 0 spiro atoms. The lowest BCUT2D eigenvalue weighted by molar-refractivity contribution is -0.139. The number of hydrogen-bond donors (Lipinski definition) is 2. The third-order valence-electron chi connectivity index (χ3n) is 3.32. The van der Waals surface area contributed by atoms with Gasteiger partial charge in [0.2, 0.25) is 0 Å². The number of ether oxygens (including phenoxy) is 1. The molecule has 0 saturated heterocycles. The fourth-order valence-electron chi connectivity index (χ4n) is 2.22. The summed E-state index contributed by atoms with van der Waals surface area (Å²) in [4.78, 5) is 4.13. The summed E-state index contributed by atoms with van der Waals surface area (Å²) in [5.41, 5.74) is -0.364. The fourth-order valence-corrected chi connectivity index (χ4v) is 2.22. The van der Waals surface area contributed by atoms with E-state index in [1.165, 1.54) is 25.3 Å². The van der Waals surface area contributed by atoms with Crippen molar-refractivity contribution in [2.24, 2.45) is 0 Å². The van der Waals surface area contributed by atoms with Crippen molar-refractivity contribution < 1.29 is 23.0 Å². The highest BCUT2D eigenvalue weighted by Crippen LogP contribution is 2.34. The van der Waals surface area contributed by atoms with E-state index in [4.69, 9.17) is 4.74 Å². The van der Waals surface area contributed by atoms with Gasteiger partial charge in [-0.1, -0.05) is 18.2 Å². The van der Waals surface area contributed by atoms with Crippen LogP contribution in [0.1, 0.15) is 22.9 Å². The zero-order valence-corrected chi connectivity index (χ0v) is 12.5. The lowest BCUT2D eigenvalue weighted by atomic mass is 10.0. The van der Waals surface area contributed by atoms with Crippen LogP contribution in [0.5, 0.6) is 5.75 Å². The molecule has 1 atom stereocenters. The number of pyridine rings is 1. The monoisotopic (exact) mass is 326 g/mol. The Hall–Kier alpha value is -2.12. The van der Waals surface area contributed by atoms with E-state index in [2.05, 4.69) is 10.3 Å². The molecule has 7 heteroatoms. The largest absolute Gasteiger partial charge is 0.495 e. The van der Waals surface area contributed by atoms with Crippen molar-refractivity contribution in [1.29, 1.82) is 0 Å². The maximum absolute atomic E-state index is 12.9. The van der Waals surface area contributed by atoms with Crippen molar-refractivity contribution >= 4 is 0 Å². The molecular weight excluding hydrogens is 309 g/mol. The second-order valence-electron chi connectivity index (χ2n) is 4.88. The first-order valence-electron chi connectivity index (χ1n) is 6.96. The van der Waals surface area contributed by atoms with Crippen LogP contribution >= 0.6 is 0 Å². The van der Waals surface area contributed by atoms with Crippen LogP contribution in [0.25, 0.3) is 0 Å². The lowest BCUT2D eigenvalue weighted by Gasteiger charge is -2.18. The van der Waals surface area contributed by atoms with Crippen LogP contribution in [0, 0.1) is 0 Å². The van der Waals surface area contributed by atoms with Gasteiger partial charge in [0.1, 0.15) is 5.75 Å². The number of aliphatic hydroxyl groups excluding tert-OH is 1. The molecule has 0 bridgehead atoms. The summed E-state index contributed by atoms with van der Waals surface area (Å²) in [6, 6.07) is 8.45. The SMILES string of the molecule is COc1cccnc1CNCC(O)c1ccccc1C(F)(F)F. The molecule has 2 N–H and O–H groups in total. The topological polar surface area (TPSA) is 54.4 Å². The van der Waals surface area contributed by atoms with Gasteiger partial charge < -0.3 is 15.2 Å². The minimum Gasteiger partial charge on any atom is -0.495 e. The van der Waals surface area contributed by atoms with E-state index < -0.39 is 17.8 Å². The lowest BCUT2D eigenvalue weighted by Crippen LogP contribution is -2.23. The molecule has 0 radical (unpaired) electrons. The molecule has 1 heterocycles. The highest BCUT2D eigenvalue weighted by molar-refractivity contribution is 5.32. The van der Waals surface area contributed by atoms with E-state index in [1.54, 1.807) is 18.3 Å². The zero-order chi connectivity index (χ0) is 16.9. The molecule has 0 aliphatic carbocycles. The van der Waals surface area contributed by atoms with Crippen LogP contribution < -0.4 is 10.1 Å². The Morgan fingerprint density at radius 2 is 1.96 bits per heavy atom. The fraction of sp³-hybridized carbons (Fsp3) is 0.312. The number of methoxy groups -OCH3 is 1. The zero-order valence-electron chi connectivity index (χ0n) is 12.5. The second kappa shape index (κ2) is 7.43. The number of hydrogen-bond acceptors (Lipinski definition) is 4. The van der Waals surface area contributed by atoms with Gasteiger partial charge in [-0.3, -0.25) is 4.98 Å². The highest BCUT2D eigenvalue weighted by Gasteiger charge is 2.34. The van der Waals surface area contributed by atoms with E-state index in [0.717, 1.165) is 6.07 Å². The van der Waals surface area contributed by atoms with E-state index >= 15 is 0 Å². The molecule has 0 saturated carbocycles. The number of rotatable bonds is 6. The second-order valence-corrected chi connectivity index (χ2v) is 4.88. The number of aliphatic hydroxyl groups is 1. The number of aromatic nitrogens is 1. The number of benzene rings is 1. The van der Waals surface area contributed by atoms with Gasteiger partial charge >= 0.3 is 6.18 Å². The maximum atomic E-state index is 12.9. The number of nitrogens with one attached hydrogen (secondary N) is 1. The van der Waals surface area contributed by atoms with Gasteiger partial charge in [0.15, 0.2) is 0 Å². The molecule has 0 aliphatic heterocycles. The molecule has 0 amide bonds. The minimum atomic E-state index is -4.50. The molecule has 0 fully saturated rings. The van der Waals surface area contributed by atoms with E-state index in [9.17, 15) is 18.3 Å². The van der Waals surface area contributed by atoms with Gasteiger partial charge in [-0.25, -0.2) is 0 Å². The average Bonchev–Trinajstić information content (AvgIpc) is 2.54. The van der Waals surface area contributed by atoms with Crippen molar-refractivity contribution in [3.8, 4) is 5.75 Å². The maximum Gasteiger partial charge on any atom is 0.416 e. The van der Waals surface area contributed by atoms with Gasteiger partial charge in [-0.15, -0.1) is 0 Å². The van der Waals surface area contributed by atoms with Crippen molar-refractivity contribution in [3.05, 3.63) is 59.4 Å². The van der Waals surface area contributed by atoms with Crippen LogP contribution in [0.3, 0.4) is 0 Å². The van der Waals surface area contributed by atoms with Gasteiger partial charge in [0.05, 0.1) is 24.5 Å². The Morgan fingerprint density at radius 1 is 1.22 bits per heavy atom. The molecule has 0 aliphatic rings. The molecule has 2 aromatic rings. The predicted octanol–water partition coefficient (Wildman–Crippen LogP) is 2.93. The third kappa shape index (κ3) is 4.43. The third-order valence-corrected chi connectivity index (χ3v) is 3.32. The van der Waals surface area contributed by atoms with Gasteiger partial charge in [0.25, 0.3) is 0 Å². The van der Waals surface area contributed by atoms with E-state index in [0.29, 0.717) is 11.4 Å². The first-order valence-corrected chi connectivity index (χ1v) is 6.96. The van der Waals surface area contributed by atoms with Crippen molar-refractivity contribution in [3.63, 3.8) is 0 Å². The smallest absolute Gasteiger partial charge is 0.416 e. The first-order chi connectivity index (χ1) is 10.9. The molecule has 1 aromatic carbocycles. The summed E-state index contributed by atoms with van der Waals surface area (Å²) in [7, 11) is 1.51. The van der Waals surface area contributed by atoms with Crippen molar-refractivity contribution in [1.82, 2.24) is 10.3 Å². The van der Waals surface area contributed by atoms with Crippen LogP contribution in [0.15, 0.2) is 42.6 Å². The summed E-state index contributed by atoms with van der Waals surface area (Å²) in [6.07, 6.45) is -4.18. The van der Waals surface area contributed by atoms with Crippen LogP contribution in [-0.4, -0.2) is 23.7 Å². The van der Waals surface area contributed by atoms with Crippen LogP contribution in [0.4, 0.5) is 13.2 Å². The summed E-state index contributed by atoms with van der Waals surface area (Å²) >= 11 is 0. The van der Waals surface area contributed by atoms with E-state index in [-0.39, 0.29) is 18.7 Å². The summed E-state index contributed by atoms with van der Waals surface area (Å²) in [6.45, 7) is 0.238. The summed E-state index contributed by atoms with van der Waals surface area (Å²) in [5.74, 6) is 0.574. The minimum absolute atomic E-state index is 0.0349. The van der Waals surface area contributed by atoms with Crippen molar-refractivity contribution in [2.75, 3.05) is 13.7 Å². The van der Waals surface area contributed by atoms with Crippen LogP contribution in [0.2, 0.25) is 0 Å². The average molecular weight is 326 g/mol. The molecule has 1 unspecified atom stereocenters. The number of halogens is 3.